The first-order valence-electron chi connectivity index (χ1n) is 8.57. The molecule has 130 valence electrons. The average molecular weight is 355 g/mol. The Kier molecular flexibility index (Phi) is 4.03. The van der Waals surface area contributed by atoms with Crippen LogP contribution in [0.3, 0.4) is 0 Å². The number of aryl methyl sites for hydroxylation is 3. The van der Waals surface area contributed by atoms with Crippen LogP contribution in [-0.4, -0.2) is 43.5 Å². The lowest BCUT2D eigenvalue weighted by Gasteiger charge is -2.31. The van der Waals surface area contributed by atoms with E-state index in [9.17, 15) is 4.79 Å². The fraction of sp³-hybridized carbons (Fsp3) is 0.444. The maximum absolute atomic E-state index is 13.0. The summed E-state index contributed by atoms with van der Waals surface area (Å²) in [7, 11) is 0. The molecule has 0 aromatic carbocycles. The smallest absolute Gasteiger partial charge is 0.274 e. The van der Waals surface area contributed by atoms with Crippen LogP contribution in [0.25, 0.3) is 5.65 Å². The number of likely N-dealkylation sites (tertiary alicyclic amines) is 1. The molecule has 4 rings (SSSR count). The van der Waals surface area contributed by atoms with E-state index in [1.807, 2.05) is 31.0 Å². The van der Waals surface area contributed by atoms with E-state index in [-0.39, 0.29) is 5.91 Å². The van der Waals surface area contributed by atoms with Crippen molar-refractivity contribution in [3.63, 3.8) is 0 Å². The van der Waals surface area contributed by atoms with E-state index in [2.05, 4.69) is 22.0 Å². The summed E-state index contributed by atoms with van der Waals surface area (Å²) in [5, 5.41) is 5.62. The molecular weight excluding hydrogens is 334 g/mol. The second-order valence-corrected chi connectivity index (χ2v) is 8.00. The number of hydrogen-bond donors (Lipinski definition) is 0. The van der Waals surface area contributed by atoms with E-state index in [4.69, 9.17) is 0 Å². The molecule has 4 heterocycles. The van der Waals surface area contributed by atoms with Gasteiger partial charge >= 0.3 is 0 Å². The van der Waals surface area contributed by atoms with Crippen LogP contribution in [0.1, 0.15) is 50.5 Å². The lowest BCUT2D eigenvalue weighted by atomic mass is 9.98. The lowest BCUT2D eigenvalue weighted by Crippen LogP contribution is -2.39. The number of hydrogen-bond acceptors (Lipinski definition) is 5. The molecular formula is C18H21N5OS. The molecule has 0 spiro atoms. The molecule has 1 aliphatic rings. The van der Waals surface area contributed by atoms with Gasteiger partial charge in [0, 0.05) is 47.5 Å². The predicted molar refractivity (Wildman–Crippen MR) is 97.2 cm³/mol. The van der Waals surface area contributed by atoms with Crippen LogP contribution in [0.5, 0.6) is 0 Å². The second kappa shape index (κ2) is 6.22. The van der Waals surface area contributed by atoms with Crippen LogP contribution >= 0.6 is 11.3 Å². The molecule has 1 fully saturated rings. The Bertz CT molecular complexity index is 944. The molecule has 1 atom stereocenters. The van der Waals surface area contributed by atoms with Crippen molar-refractivity contribution in [2.75, 3.05) is 13.1 Å². The molecule has 1 amide bonds. The van der Waals surface area contributed by atoms with Crippen molar-refractivity contribution in [1.82, 2.24) is 24.5 Å². The molecule has 6 nitrogen and oxygen atoms in total. The minimum Gasteiger partial charge on any atom is -0.337 e. The highest BCUT2D eigenvalue weighted by Crippen LogP contribution is 2.30. The zero-order valence-electron chi connectivity index (χ0n) is 14.7. The Hall–Kier alpha value is -2.28. The zero-order valence-corrected chi connectivity index (χ0v) is 15.5. The van der Waals surface area contributed by atoms with E-state index in [1.165, 1.54) is 4.88 Å². The van der Waals surface area contributed by atoms with Crippen molar-refractivity contribution in [2.24, 2.45) is 0 Å². The summed E-state index contributed by atoms with van der Waals surface area (Å²) >= 11 is 1.73. The van der Waals surface area contributed by atoms with Gasteiger partial charge in [-0.1, -0.05) is 0 Å². The molecule has 7 heteroatoms. The number of rotatable bonds is 2. The zero-order chi connectivity index (χ0) is 17.6. The normalized spacial score (nSPS) is 18.0. The molecule has 3 aromatic heterocycles. The van der Waals surface area contributed by atoms with Gasteiger partial charge in [0.25, 0.3) is 5.91 Å². The summed E-state index contributed by atoms with van der Waals surface area (Å²) in [4.78, 5) is 25.1. The van der Waals surface area contributed by atoms with E-state index in [1.54, 1.807) is 21.9 Å². The predicted octanol–water partition coefficient (Wildman–Crippen LogP) is 3.13. The van der Waals surface area contributed by atoms with Gasteiger partial charge < -0.3 is 4.90 Å². The maximum atomic E-state index is 13.0. The number of carbonyl (C=O) groups is 1. The first kappa shape index (κ1) is 16.2. The third-order valence-corrected chi connectivity index (χ3v) is 5.72. The van der Waals surface area contributed by atoms with Crippen LogP contribution < -0.4 is 0 Å². The number of fused-ring (bicyclic) bond motifs is 1. The minimum atomic E-state index is -0.0134. The monoisotopic (exact) mass is 355 g/mol. The van der Waals surface area contributed by atoms with Crippen LogP contribution in [0.4, 0.5) is 0 Å². The lowest BCUT2D eigenvalue weighted by molar-refractivity contribution is 0.0700. The van der Waals surface area contributed by atoms with Crippen LogP contribution in [0.15, 0.2) is 18.3 Å². The Morgan fingerprint density at radius 2 is 2.12 bits per heavy atom. The standard InChI is InChI=1S/C18H21N5OS/c1-11-7-12(2)23-16(20-11)8-15(21-23)18(24)22-6-4-5-14(10-22)17-19-9-13(3)25-17/h7-9,14H,4-6,10H2,1-3H3/t14-/m1/s1. The SMILES string of the molecule is Cc1cc(C)n2nc(C(=O)N3CCC[C@@H](c4ncc(C)s4)C3)cc2n1. The Morgan fingerprint density at radius 3 is 2.88 bits per heavy atom. The summed E-state index contributed by atoms with van der Waals surface area (Å²) in [5.74, 6) is 0.316. The molecule has 0 saturated carbocycles. The number of amides is 1. The quantitative estimate of drug-likeness (QED) is 0.708. The number of piperidine rings is 1. The van der Waals surface area contributed by atoms with Gasteiger partial charge in [0.15, 0.2) is 11.3 Å². The van der Waals surface area contributed by atoms with E-state index in [0.717, 1.165) is 41.4 Å². The fourth-order valence-electron chi connectivity index (χ4n) is 3.48. The van der Waals surface area contributed by atoms with Crippen molar-refractivity contribution < 1.29 is 4.79 Å². The topological polar surface area (TPSA) is 63.4 Å². The molecule has 0 unspecified atom stereocenters. The molecule has 1 saturated heterocycles. The van der Waals surface area contributed by atoms with Gasteiger partial charge in [0.1, 0.15) is 0 Å². The number of nitrogens with zero attached hydrogens (tertiary/aromatic N) is 5. The molecule has 0 aliphatic carbocycles. The highest BCUT2D eigenvalue weighted by molar-refractivity contribution is 7.11. The molecule has 3 aromatic rings. The van der Waals surface area contributed by atoms with Crippen molar-refractivity contribution in [2.45, 2.75) is 39.5 Å². The van der Waals surface area contributed by atoms with Crippen LogP contribution in [-0.2, 0) is 0 Å². The molecule has 1 aliphatic heterocycles. The van der Waals surface area contributed by atoms with E-state index in [0.29, 0.717) is 18.2 Å². The average Bonchev–Trinajstić information content (AvgIpc) is 3.21. The summed E-state index contributed by atoms with van der Waals surface area (Å²) in [6.45, 7) is 7.49. The van der Waals surface area contributed by atoms with Crippen molar-refractivity contribution in [3.05, 3.63) is 45.3 Å². The molecule has 25 heavy (non-hydrogen) atoms. The first-order chi connectivity index (χ1) is 12.0. The van der Waals surface area contributed by atoms with Crippen LogP contribution in [0, 0.1) is 20.8 Å². The summed E-state index contributed by atoms with van der Waals surface area (Å²) in [6, 6.07) is 3.76. The van der Waals surface area contributed by atoms with Crippen LogP contribution in [0.2, 0.25) is 0 Å². The molecule has 0 N–H and O–H groups in total. The van der Waals surface area contributed by atoms with Gasteiger partial charge in [-0.15, -0.1) is 11.3 Å². The number of aromatic nitrogens is 4. The summed E-state index contributed by atoms with van der Waals surface area (Å²) < 4.78 is 1.74. The highest BCUT2D eigenvalue weighted by Gasteiger charge is 2.28. The van der Waals surface area contributed by atoms with E-state index < -0.39 is 0 Å². The number of carbonyl (C=O) groups excluding carboxylic acids is 1. The van der Waals surface area contributed by atoms with Crippen molar-refractivity contribution in [1.29, 1.82) is 0 Å². The van der Waals surface area contributed by atoms with Gasteiger partial charge in [0.2, 0.25) is 0 Å². The second-order valence-electron chi connectivity index (χ2n) is 6.74. The molecule has 0 bridgehead atoms. The molecule has 0 radical (unpaired) electrons. The van der Waals surface area contributed by atoms with Gasteiger partial charge in [-0.05, 0) is 39.7 Å². The van der Waals surface area contributed by atoms with Crippen molar-refractivity contribution in [3.8, 4) is 0 Å². The fourth-order valence-corrected chi connectivity index (χ4v) is 4.38. The Balaban J connectivity index is 1.59. The first-order valence-corrected chi connectivity index (χ1v) is 9.38. The van der Waals surface area contributed by atoms with Gasteiger partial charge in [-0.3, -0.25) is 4.79 Å². The number of thiazole rings is 1. The Labute approximate surface area is 150 Å². The Morgan fingerprint density at radius 1 is 1.28 bits per heavy atom. The van der Waals surface area contributed by atoms with E-state index >= 15 is 0 Å². The summed E-state index contributed by atoms with van der Waals surface area (Å²) in [6.07, 6.45) is 4.00. The van der Waals surface area contributed by atoms with Crippen molar-refractivity contribution >= 4 is 22.9 Å². The minimum absolute atomic E-state index is 0.0134. The third kappa shape index (κ3) is 3.04. The highest BCUT2D eigenvalue weighted by atomic mass is 32.1. The van der Waals surface area contributed by atoms with Gasteiger partial charge in [-0.25, -0.2) is 14.5 Å². The van der Waals surface area contributed by atoms with Gasteiger partial charge in [-0.2, -0.15) is 5.10 Å². The third-order valence-electron chi connectivity index (χ3n) is 4.65. The van der Waals surface area contributed by atoms with Gasteiger partial charge in [0.05, 0.1) is 5.01 Å². The summed E-state index contributed by atoms with van der Waals surface area (Å²) in [5.41, 5.74) is 3.11. The largest absolute Gasteiger partial charge is 0.337 e. The maximum Gasteiger partial charge on any atom is 0.274 e.